The first kappa shape index (κ1) is 13.9. The van der Waals surface area contributed by atoms with Crippen LogP contribution in [0.1, 0.15) is 23.0 Å². The number of nitrogen functional groups attached to an aromatic ring is 1. The van der Waals surface area contributed by atoms with Crippen molar-refractivity contribution in [2.45, 2.75) is 13.3 Å². The zero-order chi connectivity index (χ0) is 15.0. The van der Waals surface area contributed by atoms with Crippen LogP contribution in [0.15, 0.2) is 12.1 Å². The minimum absolute atomic E-state index is 0.0587. The van der Waals surface area contributed by atoms with E-state index < -0.39 is 29.0 Å². The maximum absolute atomic E-state index is 13.7. The highest BCUT2D eigenvalue weighted by Gasteiger charge is 2.23. The van der Waals surface area contributed by atoms with Crippen LogP contribution < -0.4 is 11.5 Å². The van der Waals surface area contributed by atoms with E-state index in [-0.39, 0.29) is 17.1 Å². The Morgan fingerprint density at radius 2 is 1.95 bits per heavy atom. The summed E-state index contributed by atoms with van der Waals surface area (Å²) in [4.78, 5) is 11.3. The predicted octanol–water partition coefficient (Wildman–Crippen LogP) is 1.53. The summed E-state index contributed by atoms with van der Waals surface area (Å²) < 4.78 is 40.7. The molecule has 0 saturated carbocycles. The normalized spacial score (nSPS) is 10.8. The Labute approximate surface area is 112 Å². The van der Waals surface area contributed by atoms with Crippen molar-refractivity contribution in [2.75, 3.05) is 5.73 Å². The van der Waals surface area contributed by atoms with Crippen LogP contribution in [0, 0.1) is 17.5 Å². The second-order valence-corrected chi connectivity index (χ2v) is 4.03. The van der Waals surface area contributed by atoms with Gasteiger partial charge in [-0.1, -0.05) is 6.92 Å². The van der Waals surface area contributed by atoms with Gasteiger partial charge < -0.3 is 11.5 Å². The van der Waals surface area contributed by atoms with Gasteiger partial charge in [-0.15, -0.1) is 0 Å². The number of rotatable bonds is 3. The molecule has 0 fully saturated rings. The van der Waals surface area contributed by atoms with Crippen molar-refractivity contribution >= 4 is 11.7 Å². The molecule has 5 nitrogen and oxygen atoms in total. The van der Waals surface area contributed by atoms with Gasteiger partial charge in [0.1, 0.15) is 17.1 Å². The number of nitrogens with two attached hydrogens (primary N) is 2. The number of primary amides is 1. The van der Waals surface area contributed by atoms with Crippen LogP contribution in [0.3, 0.4) is 0 Å². The van der Waals surface area contributed by atoms with Crippen molar-refractivity contribution in [1.29, 1.82) is 0 Å². The summed E-state index contributed by atoms with van der Waals surface area (Å²) in [6.07, 6.45) is 0.320. The Morgan fingerprint density at radius 3 is 2.45 bits per heavy atom. The highest BCUT2D eigenvalue weighted by Crippen LogP contribution is 2.25. The number of nitrogens with zero attached hydrogens (tertiary/aromatic N) is 2. The van der Waals surface area contributed by atoms with Crippen LogP contribution in [0.4, 0.5) is 19.0 Å². The van der Waals surface area contributed by atoms with E-state index in [2.05, 4.69) is 5.10 Å². The van der Waals surface area contributed by atoms with Crippen molar-refractivity contribution in [3.63, 3.8) is 0 Å². The maximum atomic E-state index is 13.7. The zero-order valence-electron chi connectivity index (χ0n) is 10.5. The number of aromatic nitrogens is 2. The van der Waals surface area contributed by atoms with Gasteiger partial charge in [0.15, 0.2) is 17.5 Å². The van der Waals surface area contributed by atoms with Crippen LogP contribution in [-0.2, 0) is 6.42 Å². The maximum Gasteiger partial charge on any atom is 0.254 e. The number of carbonyl (C=O) groups excluding carboxylic acids is 1. The SMILES string of the molecule is CCc1nn(-c2ccc(F)c(F)c2F)c(N)c1C(N)=O. The minimum atomic E-state index is -1.64. The molecule has 1 heterocycles. The molecule has 0 spiro atoms. The van der Waals surface area contributed by atoms with E-state index in [1.807, 2.05) is 0 Å². The van der Waals surface area contributed by atoms with E-state index in [9.17, 15) is 18.0 Å². The molecule has 20 heavy (non-hydrogen) atoms. The van der Waals surface area contributed by atoms with Crippen LogP contribution >= 0.6 is 0 Å². The molecule has 0 aliphatic carbocycles. The fraction of sp³-hybridized carbons (Fsp3) is 0.167. The molecule has 1 aromatic carbocycles. The lowest BCUT2D eigenvalue weighted by Crippen LogP contribution is -2.15. The first-order valence-electron chi connectivity index (χ1n) is 5.69. The fourth-order valence-corrected chi connectivity index (χ4v) is 1.86. The Hall–Kier alpha value is -2.51. The number of carbonyl (C=O) groups is 1. The van der Waals surface area contributed by atoms with E-state index in [4.69, 9.17) is 11.5 Å². The van der Waals surface area contributed by atoms with Crippen LogP contribution in [0.5, 0.6) is 0 Å². The number of anilines is 1. The molecular formula is C12H11F3N4O. The molecule has 0 unspecified atom stereocenters. The summed E-state index contributed by atoms with van der Waals surface area (Å²) in [7, 11) is 0. The largest absolute Gasteiger partial charge is 0.383 e. The van der Waals surface area contributed by atoms with E-state index >= 15 is 0 Å². The molecule has 0 atom stereocenters. The number of amides is 1. The Bertz CT molecular complexity index is 696. The standard InChI is InChI=1S/C12H11F3N4O/c1-2-6-8(12(17)20)11(16)19(18-6)7-4-3-5(13)9(14)10(7)15/h3-4H,2,16H2,1H3,(H2,17,20). The highest BCUT2D eigenvalue weighted by atomic mass is 19.2. The molecule has 0 radical (unpaired) electrons. The fourth-order valence-electron chi connectivity index (χ4n) is 1.86. The van der Waals surface area contributed by atoms with Gasteiger partial charge in [0, 0.05) is 0 Å². The van der Waals surface area contributed by atoms with Gasteiger partial charge in [-0.2, -0.15) is 5.10 Å². The van der Waals surface area contributed by atoms with Crippen molar-refractivity contribution in [1.82, 2.24) is 9.78 Å². The van der Waals surface area contributed by atoms with Crippen molar-refractivity contribution < 1.29 is 18.0 Å². The van der Waals surface area contributed by atoms with Crippen LogP contribution in [0.25, 0.3) is 5.69 Å². The van der Waals surface area contributed by atoms with Crippen molar-refractivity contribution in [3.8, 4) is 5.69 Å². The first-order valence-corrected chi connectivity index (χ1v) is 5.69. The number of benzene rings is 1. The summed E-state index contributed by atoms with van der Waals surface area (Å²) in [5, 5.41) is 3.91. The second-order valence-electron chi connectivity index (χ2n) is 4.03. The molecule has 1 aromatic heterocycles. The van der Waals surface area contributed by atoms with Gasteiger partial charge >= 0.3 is 0 Å². The van der Waals surface area contributed by atoms with E-state index in [0.29, 0.717) is 6.42 Å². The molecule has 0 aliphatic heterocycles. The average Bonchev–Trinajstić information content (AvgIpc) is 2.73. The molecule has 0 bridgehead atoms. The second kappa shape index (κ2) is 4.87. The Morgan fingerprint density at radius 1 is 1.30 bits per heavy atom. The molecule has 1 amide bonds. The van der Waals surface area contributed by atoms with E-state index in [1.54, 1.807) is 6.92 Å². The molecular weight excluding hydrogens is 273 g/mol. The number of hydrogen-bond acceptors (Lipinski definition) is 3. The summed E-state index contributed by atoms with van der Waals surface area (Å²) in [5.41, 5.74) is 10.7. The van der Waals surface area contributed by atoms with Gasteiger partial charge in [-0.25, -0.2) is 17.9 Å². The third kappa shape index (κ3) is 1.98. The molecule has 2 rings (SSSR count). The van der Waals surface area contributed by atoms with Crippen molar-refractivity contribution in [2.24, 2.45) is 5.73 Å². The molecule has 106 valence electrons. The summed E-state index contributed by atoms with van der Waals surface area (Å²) in [5.74, 6) is -5.47. The topological polar surface area (TPSA) is 86.9 Å². The molecule has 0 aliphatic rings. The number of halogens is 3. The molecule has 0 saturated heterocycles. The quantitative estimate of drug-likeness (QED) is 0.838. The summed E-state index contributed by atoms with van der Waals surface area (Å²) in [6.45, 7) is 1.69. The Balaban J connectivity index is 2.71. The summed E-state index contributed by atoms with van der Waals surface area (Å²) in [6, 6.07) is 1.71. The van der Waals surface area contributed by atoms with E-state index in [0.717, 1.165) is 16.8 Å². The number of hydrogen-bond donors (Lipinski definition) is 2. The van der Waals surface area contributed by atoms with E-state index in [1.165, 1.54) is 0 Å². The van der Waals surface area contributed by atoms with Gasteiger partial charge in [-0.05, 0) is 18.6 Å². The monoisotopic (exact) mass is 284 g/mol. The molecule has 2 aromatic rings. The van der Waals surface area contributed by atoms with Crippen LogP contribution in [0.2, 0.25) is 0 Å². The van der Waals surface area contributed by atoms with Gasteiger partial charge in [0.2, 0.25) is 0 Å². The predicted molar refractivity (Wildman–Crippen MR) is 65.7 cm³/mol. The third-order valence-electron chi connectivity index (χ3n) is 2.82. The summed E-state index contributed by atoms with van der Waals surface area (Å²) >= 11 is 0. The lowest BCUT2D eigenvalue weighted by Gasteiger charge is -2.06. The lowest BCUT2D eigenvalue weighted by atomic mass is 10.2. The highest BCUT2D eigenvalue weighted by molar-refractivity contribution is 5.98. The molecule has 8 heteroatoms. The third-order valence-corrected chi connectivity index (χ3v) is 2.82. The van der Waals surface area contributed by atoms with Gasteiger partial charge in [0.25, 0.3) is 5.91 Å². The van der Waals surface area contributed by atoms with Gasteiger partial charge in [-0.3, -0.25) is 4.79 Å². The smallest absolute Gasteiger partial charge is 0.254 e. The first-order chi connectivity index (χ1) is 9.38. The van der Waals surface area contributed by atoms with Gasteiger partial charge in [0.05, 0.1) is 5.69 Å². The zero-order valence-corrected chi connectivity index (χ0v) is 10.5. The van der Waals surface area contributed by atoms with Crippen LogP contribution in [-0.4, -0.2) is 15.7 Å². The Kier molecular flexibility index (Phi) is 3.39. The minimum Gasteiger partial charge on any atom is -0.383 e. The number of aryl methyl sites for hydroxylation is 1. The molecule has 4 N–H and O–H groups in total. The average molecular weight is 284 g/mol. The lowest BCUT2D eigenvalue weighted by molar-refractivity contribution is 0.100. The van der Waals surface area contributed by atoms with Crippen molar-refractivity contribution in [3.05, 3.63) is 40.8 Å².